The third-order valence-electron chi connectivity index (χ3n) is 3.42. The number of β-amino-alcohol motifs (C(OH)–C–C–N with tert-alkyl or cyclic N) is 1. The molecule has 0 radical (unpaired) electrons. The Balaban J connectivity index is 2.13. The van der Waals surface area contributed by atoms with Gasteiger partial charge in [-0.25, -0.2) is 0 Å². The standard InChI is InChI=1S/C14H22N2O2/c1-15(2)8-13-7-14(18)9-16(13)12-5-3-11(10-17)4-6-12/h3-6,13-14,17-18H,7-10H2,1-2H3. The largest absolute Gasteiger partial charge is 0.392 e. The van der Waals surface area contributed by atoms with E-state index in [0.717, 1.165) is 24.2 Å². The summed E-state index contributed by atoms with van der Waals surface area (Å²) >= 11 is 0. The van der Waals surface area contributed by atoms with Crippen LogP contribution in [0.1, 0.15) is 12.0 Å². The van der Waals surface area contributed by atoms with E-state index in [1.54, 1.807) is 0 Å². The van der Waals surface area contributed by atoms with E-state index in [2.05, 4.69) is 23.9 Å². The molecule has 100 valence electrons. The number of anilines is 1. The number of rotatable bonds is 4. The molecule has 1 aromatic carbocycles. The highest BCUT2D eigenvalue weighted by atomic mass is 16.3. The quantitative estimate of drug-likeness (QED) is 0.825. The minimum absolute atomic E-state index is 0.0734. The monoisotopic (exact) mass is 250 g/mol. The van der Waals surface area contributed by atoms with E-state index in [1.165, 1.54) is 0 Å². The van der Waals surface area contributed by atoms with Crippen LogP contribution in [0.2, 0.25) is 0 Å². The second-order valence-electron chi connectivity index (χ2n) is 5.28. The van der Waals surface area contributed by atoms with Gasteiger partial charge in [0.1, 0.15) is 0 Å². The summed E-state index contributed by atoms with van der Waals surface area (Å²) in [4.78, 5) is 4.41. The van der Waals surface area contributed by atoms with Gasteiger partial charge in [0.05, 0.1) is 12.7 Å². The number of aliphatic hydroxyl groups excluding tert-OH is 2. The topological polar surface area (TPSA) is 46.9 Å². The predicted octanol–water partition coefficient (Wildman–Crippen LogP) is 0.680. The zero-order valence-corrected chi connectivity index (χ0v) is 11.1. The van der Waals surface area contributed by atoms with Gasteiger partial charge in [0, 0.05) is 24.8 Å². The van der Waals surface area contributed by atoms with E-state index in [4.69, 9.17) is 5.11 Å². The lowest BCUT2D eigenvalue weighted by Gasteiger charge is -2.28. The molecule has 4 heteroatoms. The van der Waals surface area contributed by atoms with Crippen molar-refractivity contribution in [1.29, 1.82) is 0 Å². The molecule has 0 aliphatic carbocycles. The van der Waals surface area contributed by atoms with E-state index in [9.17, 15) is 5.11 Å². The third-order valence-corrected chi connectivity index (χ3v) is 3.42. The first-order valence-corrected chi connectivity index (χ1v) is 6.39. The molecule has 1 aliphatic rings. The van der Waals surface area contributed by atoms with Gasteiger partial charge in [-0.2, -0.15) is 0 Å². The van der Waals surface area contributed by atoms with E-state index in [0.29, 0.717) is 12.6 Å². The van der Waals surface area contributed by atoms with Crippen LogP contribution in [0.15, 0.2) is 24.3 Å². The molecule has 2 N–H and O–H groups in total. The number of nitrogens with zero attached hydrogens (tertiary/aromatic N) is 2. The molecule has 1 saturated heterocycles. The summed E-state index contributed by atoms with van der Waals surface area (Å²) < 4.78 is 0. The Labute approximate surface area is 108 Å². The van der Waals surface area contributed by atoms with Crippen LogP contribution in [-0.2, 0) is 6.61 Å². The average Bonchev–Trinajstić information content (AvgIpc) is 2.69. The number of likely N-dealkylation sites (N-methyl/N-ethyl adjacent to an activating group) is 1. The van der Waals surface area contributed by atoms with Gasteiger partial charge in [-0.1, -0.05) is 12.1 Å². The van der Waals surface area contributed by atoms with Crippen molar-refractivity contribution in [3.63, 3.8) is 0 Å². The molecule has 2 rings (SSSR count). The Morgan fingerprint density at radius 2 is 1.94 bits per heavy atom. The first-order chi connectivity index (χ1) is 8.60. The summed E-state index contributed by atoms with van der Waals surface area (Å²) in [6.07, 6.45) is 0.576. The van der Waals surface area contributed by atoms with Crippen molar-refractivity contribution in [3.8, 4) is 0 Å². The number of hydrogen-bond donors (Lipinski definition) is 2. The summed E-state index contributed by atoms with van der Waals surface area (Å²) in [6, 6.07) is 8.27. The van der Waals surface area contributed by atoms with E-state index >= 15 is 0 Å². The molecule has 1 fully saturated rings. The fourth-order valence-electron chi connectivity index (χ4n) is 2.60. The lowest BCUT2D eigenvalue weighted by Crippen LogP contribution is -2.37. The van der Waals surface area contributed by atoms with Gasteiger partial charge >= 0.3 is 0 Å². The Bertz CT molecular complexity index is 378. The van der Waals surface area contributed by atoms with Crippen LogP contribution in [-0.4, -0.2) is 54.4 Å². The molecule has 4 nitrogen and oxygen atoms in total. The molecule has 0 spiro atoms. The molecular weight excluding hydrogens is 228 g/mol. The molecule has 0 saturated carbocycles. The van der Waals surface area contributed by atoms with Crippen molar-refractivity contribution in [2.75, 3.05) is 32.1 Å². The fourth-order valence-corrected chi connectivity index (χ4v) is 2.60. The Kier molecular flexibility index (Phi) is 4.22. The van der Waals surface area contributed by atoms with Crippen LogP contribution < -0.4 is 4.90 Å². The van der Waals surface area contributed by atoms with Crippen LogP contribution in [0.3, 0.4) is 0 Å². The second-order valence-corrected chi connectivity index (χ2v) is 5.28. The minimum Gasteiger partial charge on any atom is -0.392 e. The highest BCUT2D eigenvalue weighted by molar-refractivity contribution is 5.50. The fraction of sp³-hybridized carbons (Fsp3) is 0.571. The molecule has 1 heterocycles. The Hall–Kier alpha value is -1.10. The average molecular weight is 250 g/mol. The van der Waals surface area contributed by atoms with Crippen molar-refractivity contribution in [3.05, 3.63) is 29.8 Å². The minimum atomic E-state index is -0.243. The highest BCUT2D eigenvalue weighted by Gasteiger charge is 2.31. The van der Waals surface area contributed by atoms with Gasteiger partial charge in [0.15, 0.2) is 0 Å². The first-order valence-electron chi connectivity index (χ1n) is 6.39. The maximum absolute atomic E-state index is 9.84. The molecule has 0 bridgehead atoms. The number of aliphatic hydroxyl groups is 2. The van der Waals surface area contributed by atoms with E-state index in [-0.39, 0.29) is 12.7 Å². The van der Waals surface area contributed by atoms with Gasteiger partial charge in [-0.05, 0) is 38.2 Å². The predicted molar refractivity (Wildman–Crippen MR) is 72.7 cm³/mol. The van der Waals surface area contributed by atoms with E-state index < -0.39 is 0 Å². The van der Waals surface area contributed by atoms with Gasteiger partial charge in [0.25, 0.3) is 0 Å². The van der Waals surface area contributed by atoms with E-state index in [1.807, 2.05) is 24.3 Å². The molecule has 2 atom stereocenters. The molecule has 0 amide bonds. The maximum atomic E-state index is 9.84. The summed E-state index contributed by atoms with van der Waals surface area (Å²) in [5, 5.41) is 18.9. The smallest absolute Gasteiger partial charge is 0.0735 e. The van der Waals surface area contributed by atoms with Gasteiger partial charge in [-0.3, -0.25) is 0 Å². The SMILES string of the molecule is CN(C)CC1CC(O)CN1c1ccc(CO)cc1. The highest BCUT2D eigenvalue weighted by Crippen LogP contribution is 2.26. The molecule has 0 aromatic heterocycles. The van der Waals surface area contributed by atoms with Crippen LogP contribution >= 0.6 is 0 Å². The van der Waals surface area contributed by atoms with Gasteiger partial charge in [-0.15, -0.1) is 0 Å². The molecular formula is C14H22N2O2. The molecule has 18 heavy (non-hydrogen) atoms. The van der Waals surface area contributed by atoms with Crippen molar-refractivity contribution in [2.24, 2.45) is 0 Å². The van der Waals surface area contributed by atoms with Crippen LogP contribution in [0, 0.1) is 0 Å². The van der Waals surface area contributed by atoms with Gasteiger partial charge in [0.2, 0.25) is 0 Å². The normalized spacial score (nSPS) is 23.9. The van der Waals surface area contributed by atoms with Crippen LogP contribution in [0.25, 0.3) is 0 Å². The first kappa shape index (κ1) is 13.3. The molecule has 1 aromatic rings. The Morgan fingerprint density at radius 3 is 2.50 bits per heavy atom. The van der Waals surface area contributed by atoms with Crippen molar-refractivity contribution in [1.82, 2.24) is 4.90 Å². The third kappa shape index (κ3) is 3.02. The maximum Gasteiger partial charge on any atom is 0.0735 e. The van der Waals surface area contributed by atoms with Crippen LogP contribution in [0.5, 0.6) is 0 Å². The van der Waals surface area contributed by atoms with Crippen molar-refractivity contribution < 1.29 is 10.2 Å². The number of hydrogen-bond acceptors (Lipinski definition) is 4. The summed E-state index contributed by atoms with van der Waals surface area (Å²) in [5.74, 6) is 0. The Morgan fingerprint density at radius 1 is 1.28 bits per heavy atom. The second kappa shape index (κ2) is 5.69. The lowest BCUT2D eigenvalue weighted by atomic mass is 10.1. The zero-order chi connectivity index (χ0) is 13.1. The molecule has 2 unspecified atom stereocenters. The lowest BCUT2D eigenvalue weighted by molar-refractivity contribution is 0.191. The molecule has 1 aliphatic heterocycles. The summed E-state index contributed by atoms with van der Waals surface area (Å²) in [6.45, 7) is 1.71. The van der Waals surface area contributed by atoms with Crippen LogP contribution in [0.4, 0.5) is 5.69 Å². The zero-order valence-electron chi connectivity index (χ0n) is 11.1. The summed E-state index contributed by atoms with van der Waals surface area (Å²) in [7, 11) is 4.11. The van der Waals surface area contributed by atoms with Crippen molar-refractivity contribution >= 4 is 5.69 Å². The number of benzene rings is 1. The van der Waals surface area contributed by atoms with Gasteiger partial charge < -0.3 is 20.0 Å². The summed E-state index contributed by atoms with van der Waals surface area (Å²) in [5.41, 5.74) is 2.04. The van der Waals surface area contributed by atoms with Crippen molar-refractivity contribution in [2.45, 2.75) is 25.2 Å².